The minimum absolute atomic E-state index is 0.201. The molecule has 0 aromatic rings. The van der Waals surface area contributed by atoms with Gasteiger partial charge >= 0.3 is 0 Å². The molecular formula is C15H27N3O2S2. The van der Waals surface area contributed by atoms with Crippen molar-refractivity contribution in [2.24, 2.45) is 10.9 Å². The fourth-order valence-corrected chi connectivity index (χ4v) is 6.08. The Balaban J connectivity index is 1.48. The first-order valence-electron chi connectivity index (χ1n) is 8.47. The van der Waals surface area contributed by atoms with Gasteiger partial charge in [0.15, 0.2) is 15.8 Å². The van der Waals surface area contributed by atoms with Gasteiger partial charge < -0.3 is 10.6 Å². The molecule has 0 bridgehead atoms. The summed E-state index contributed by atoms with van der Waals surface area (Å²) < 4.78 is 23.0. The molecule has 0 spiro atoms. The molecule has 22 heavy (non-hydrogen) atoms. The molecule has 2 unspecified atom stereocenters. The summed E-state index contributed by atoms with van der Waals surface area (Å²) in [7, 11) is -2.80. The molecule has 2 atom stereocenters. The Kier molecular flexibility index (Phi) is 5.55. The predicted octanol–water partition coefficient (Wildman–Crippen LogP) is 1.40. The van der Waals surface area contributed by atoms with Crippen molar-refractivity contribution in [1.82, 2.24) is 10.6 Å². The molecule has 2 heterocycles. The maximum Gasteiger partial charge on any atom is 0.191 e. The number of hydrogen-bond acceptors (Lipinski definition) is 4. The Bertz CT molecular complexity index is 497. The molecule has 3 aliphatic rings. The van der Waals surface area contributed by atoms with Gasteiger partial charge in [-0.1, -0.05) is 6.42 Å². The second kappa shape index (κ2) is 7.43. The maximum absolute atomic E-state index is 11.5. The number of hydrogen-bond donors (Lipinski definition) is 2. The number of nitrogens with zero attached hydrogens (tertiary/aromatic N) is 1. The van der Waals surface area contributed by atoms with Crippen molar-refractivity contribution in [3.63, 3.8) is 0 Å². The van der Waals surface area contributed by atoms with Gasteiger partial charge in [-0.3, -0.25) is 4.99 Å². The highest BCUT2D eigenvalue weighted by atomic mass is 32.2. The zero-order valence-electron chi connectivity index (χ0n) is 13.1. The molecular weight excluding hydrogens is 318 g/mol. The van der Waals surface area contributed by atoms with E-state index in [0.717, 1.165) is 18.9 Å². The van der Waals surface area contributed by atoms with Gasteiger partial charge in [-0.25, -0.2) is 8.42 Å². The highest BCUT2D eigenvalue weighted by Crippen LogP contribution is 2.24. The Hall–Kier alpha value is -0.430. The summed E-state index contributed by atoms with van der Waals surface area (Å²) in [6.07, 6.45) is 7.17. The highest BCUT2D eigenvalue weighted by molar-refractivity contribution is 7.99. The summed E-state index contributed by atoms with van der Waals surface area (Å²) in [5.41, 5.74) is 0. The summed E-state index contributed by atoms with van der Waals surface area (Å²) in [6.45, 7) is 1.59. The molecule has 126 valence electrons. The predicted molar refractivity (Wildman–Crippen MR) is 93.3 cm³/mol. The monoisotopic (exact) mass is 345 g/mol. The summed E-state index contributed by atoms with van der Waals surface area (Å²) >= 11 is 2.06. The fraction of sp³-hybridized carbons (Fsp3) is 0.933. The Morgan fingerprint density at radius 3 is 2.68 bits per heavy atom. The van der Waals surface area contributed by atoms with E-state index in [4.69, 9.17) is 0 Å². The lowest BCUT2D eigenvalue weighted by Gasteiger charge is -2.23. The Labute approximate surface area is 138 Å². The van der Waals surface area contributed by atoms with Crippen LogP contribution in [0.3, 0.4) is 0 Å². The van der Waals surface area contributed by atoms with E-state index >= 15 is 0 Å². The van der Waals surface area contributed by atoms with Crippen LogP contribution in [0.1, 0.15) is 38.5 Å². The first-order chi connectivity index (χ1) is 10.6. The Morgan fingerprint density at radius 2 is 2.05 bits per heavy atom. The fourth-order valence-electron chi connectivity index (χ4n) is 2.99. The SMILES string of the molecule is O=S1(=O)CCC(CN=C(NCC2CCCCS2)NC2CC2)C1. The van der Waals surface area contributed by atoms with Gasteiger partial charge in [0.2, 0.25) is 0 Å². The third-order valence-corrected chi connectivity index (χ3v) is 7.76. The third kappa shape index (κ3) is 5.33. The summed E-state index contributed by atoms with van der Waals surface area (Å²) in [4.78, 5) is 4.66. The third-order valence-electron chi connectivity index (χ3n) is 4.52. The number of sulfone groups is 1. The molecule has 7 heteroatoms. The van der Waals surface area contributed by atoms with E-state index < -0.39 is 9.84 Å². The lowest BCUT2D eigenvalue weighted by Crippen LogP contribution is -2.42. The van der Waals surface area contributed by atoms with Crippen LogP contribution in [0.4, 0.5) is 0 Å². The molecule has 0 amide bonds. The van der Waals surface area contributed by atoms with Gasteiger partial charge in [-0.15, -0.1) is 0 Å². The summed E-state index contributed by atoms with van der Waals surface area (Å²) in [5, 5.41) is 7.62. The molecule has 0 aromatic carbocycles. The molecule has 2 aliphatic heterocycles. The van der Waals surface area contributed by atoms with Crippen molar-refractivity contribution < 1.29 is 8.42 Å². The van der Waals surface area contributed by atoms with Gasteiger partial charge in [0.25, 0.3) is 0 Å². The van der Waals surface area contributed by atoms with E-state index in [1.807, 2.05) is 0 Å². The van der Waals surface area contributed by atoms with Crippen LogP contribution in [0.5, 0.6) is 0 Å². The zero-order chi connectivity index (χ0) is 15.4. The van der Waals surface area contributed by atoms with Crippen molar-refractivity contribution in [1.29, 1.82) is 0 Å². The van der Waals surface area contributed by atoms with E-state index in [1.165, 1.54) is 37.9 Å². The number of thioether (sulfide) groups is 1. The van der Waals surface area contributed by atoms with Crippen LogP contribution in [0.25, 0.3) is 0 Å². The van der Waals surface area contributed by atoms with E-state index in [-0.39, 0.29) is 5.92 Å². The summed E-state index contributed by atoms with van der Waals surface area (Å²) in [5.74, 6) is 3.01. The van der Waals surface area contributed by atoms with Gasteiger partial charge in [-0.2, -0.15) is 11.8 Å². The standard InChI is InChI=1S/C15H27N3O2S2/c19-22(20)8-6-12(11-22)9-16-15(18-13-4-5-13)17-10-14-3-1-2-7-21-14/h12-14H,1-11H2,(H2,16,17,18). The zero-order valence-corrected chi connectivity index (χ0v) is 14.7. The van der Waals surface area contributed by atoms with Crippen molar-refractivity contribution in [2.45, 2.75) is 49.8 Å². The van der Waals surface area contributed by atoms with E-state index in [0.29, 0.717) is 29.3 Å². The van der Waals surface area contributed by atoms with Gasteiger partial charge in [0.05, 0.1) is 11.5 Å². The average Bonchev–Trinajstić information content (AvgIpc) is 3.25. The van der Waals surface area contributed by atoms with Gasteiger partial charge in [0, 0.05) is 24.4 Å². The molecule has 1 aliphatic carbocycles. The maximum atomic E-state index is 11.5. The molecule has 0 radical (unpaired) electrons. The topological polar surface area (TPSA) is 70.6 Å². The molecule has 3 rings (SSSR count). The first-order valence-corrected chi connectivity index (χ1v) is 11.3. The van der Waals surface area contributed by atoms with Crippen LogP contribution in [0.2, 0.25) is 0 Å². The first kappa shape index (κ1) is 16.4. The normalized spacial score (nSPS) is 31.9. The van der Waals surface area contributed by atoms with Crippen molar-refractivity contribution in [3.8, 4) is 0 Å². The summed E-state index contributed by atoms with van der Waals surface area (Å²) in [6, 6.07) is 0.567. The van der Waals surface area contributed by atoms with Crippen LogP contribution in [0.15, 0.2) is 4.99 Å². The minimum atomic E-state index is -2.80. The smallest absolute Gasteiger partial charge is 0.191 e. The second-order valence-corrected chi connectivity index (χ2v) is 10.4. The molecule has 2 N–H and O–H groups in total. The second-order valence-electron chi connectivity index (χ2n) is 6.75. The quantitative estimate of drug-likeness (QED) is 0.582. The van der Waals surface area contributed by atoms with E-state index in [9.17, 15) is 8.42 Å². The van der Waals surface area contributed by atoms with Crippen LogP contribution < -0.4 is 10.6 Å². The van der Waals surface area contributed by atoms with Crippen LogP contribution in [-0.2, 0) is 9.84 Å². The number of aliphatic imine (C=N–C) groups is 1. The van der Waals surface area contributed by atoms with E-state index in [2.05, 4.69) is 27.4 Å². The molecule has 0 aromatic heterocycles. The molecule has 1 saturated carbocycles. The van der Waals surface area contributed by atoms with E-state index in [1.54, 1.807) is 0 Å². The van der Waals surface area contributed by atoms with Crippen LogP contribution in [0, 0.1) is 5.92 Å². The van der Waals surface area contributed by atoms with Gasteiger partial charge in [-0.05, 0) is 43.8 Å². The van der Waals surface area contributed by atoms with Gasteiger partial charge in [0.1, 0.15) is 0 Å². The van der Waals surface area contributed by atoms with Crippen molar-refractivity contribution >= 4 is 27.6 Å². The van der Waals surface area contributed by atoms with Crippen LogP contribution >= 0.6 is 11.8 Å². The van der Waals surface area contributed by atoms with Crippen LogP contribution in [-0.4, -0.2) is 56.0 Å². The number of rotatable bonds is 5. The lowest BCUT2D eigenvalue weighted by molar-refractivity contribution is 0.588. The largest absolute Gasteiger partial charge is 0.355 e. The van der Waals surface area contributed by atoms with Crippen molar-refractivity contribution in [3.05, 3.63) is 0 Å². The molecule has 5 nitrogen and oxygen atoms in total. The minimum Gasteiger partial charge on any atom is -0.355 e. The lowest BCUT2D eigenvalue weighted by atomic mass is 10.1. The highest BCUT2D eigenvalue weighted by Gasteiger charge is 2.28. The molecule has 2 saturated heterocycles. The van der Waals surface area contributed by atoms with Crippen molar-refractivity contribution in [2.75, 3.05) is 30.3 Å². The number of nitrogens with one attached hydrogen (secondary N) is 2. The Morgan fingerprint density at radius 1 is 1.18 bits per heavy atom. The molecule has 3 fully saturated rings. The average molecular weight is 346 g/mol. The number of guanidine groups is 1.